The fourth-order valence-electron chi connectivity index (χ4n) is 2.93. The zero-order valence-electron chi connectivity index (χ0n) is 15.0. The van der Waals surface area contributed by atoms with E-state index >= 15 is 0 Å². The molecule has 0 spiro atoms. The van der Waals surface area contributed by atoms with Gasteiger partial charge in [0.2, 0.25) is 11.8 Å². The molecule has 0 unspecified atom stereocenters. The van der Waals surface area contributed by atoms with Gasteiger partial charge >= 0.3 is 0 Å². The number of ether oxygens (including phenoxy) is 2. The molecule has 3 aromatic rings. The Labute approximate surface area is 157 Å². The van der Waals surface area contributed by atoms with E-state index in [0.29, 0.717) is 31.6 Å². The van der Waals surface area contributed by atoms with Crippen LogP contribution in [0.25, 0.3) is 10.9 Å². The Kier molecular flexibility index (Phi) is 5.54. The van der Waals surface area contributed by atoms with Crippen molar-refractivity contribution in [3.63, 3.8) is 0 Å². The molecule has 0 bridgehead atoms. The van der Waals surface area contributed by atoms with Crippen molar-refractivity contribution in [3.05, 3.63) is 42.9 Å². The molecule has 0 saturated carbocycles. The molecule has 0 radical (unpaired) electrons. The quantitative estimate of drug-likeness (QED) is 0.637. The highest BCUT2D eigenvalue weighted by atomic mass is 16.5. The predicted octanol–water partition coefficient (Wildman–Crippen LogP) is 2.14. The van der Waals surface area contributed by atoms with Crippen molar-refractivity contribution in [1.82, 2.24) is 19.9 Å². The van der Waals surface area contributed by atoms with Crippen LogP contribution in [0.15, 0.2) is 42.9 Å². The lowest BCUT2D eigenvalue weighted by molar-refractivity contribution is 0.122. The van der Waals surface area contributed by atoms with E-state index in [9.17, 15) is 0 Å². The molecule has 1 N–H and O–H groups in total. The molecule has 4 heterocycles. The van der Waals surface area contributed by atoms with Gasteiger partial charge in [-0.1, -0.05) is 0 Å². The average molecular weight is 366 g/mol. The molecule has 1 aliphatic heterocycles. The first-order valence-electron chi connectivity index (χ1n) is 9.12. The second-order valence-corrected chi connectivity index (χ2v) is 6.16. The van der Waals surface area contributed by atoms with Gasteiger partial charge in [-0.05, 0) is 24.6 Å². The Hall–Kier alpha value is -3.00. The molecule has 140 valence electrons. The van der Waals surface area contributed by atoms with Gasteiger partial charge in [-0.3, -0.25) is 4.98 Å². The first-order chi connectivity index (χ1) is 13.4. The van der Waals surface area contributed by atoms with E-state index in [4.69, 9.17) is 14.5 Å². The summed E-state index contributed by atoms with van der Waals surface area (Å²) in [5.74, 6) is 2.13. The summed E-state index contributed by atoms with van der Waals surface area (Å²) in [6.07, 6.45) is 6.03. The molecule has 3 aromatic heterocycles. The van der Waals surface area contributed by atoms with Gasteiger partial charge in [-0.15, -0.1) is 0 Å². The minimum absolute atomic E-state index is 0.545. The largest absolute Gasteiger partial charge is 0.477 e. The number of hydrogen-bond acceptors (Lipinski definition) is 8. The number of morpholine rings is 1. The number of rotatable bonds is 7. The third-order valence-electron chi connectivity index (χ3n) is 4.29. The average Bonchev–Trinajstić information content (AvgIpc) is 2.74. The maximum atomic E-state index is 6.00. The summed E-state index contributed by atoms with van der Waals surface area (Å²) in [5, 5.41) is 4.10. The van der Waals surface area contributed by atoms with E-state index in [1.54, 1.807) is 24.7 Å². The predicted molar refractivity (Wildman–Crippen MR) is 103 cm³/mol. The van der Waals surface area contributed by atoms with Crippen LogP contribution in [0.1, 0.15) is 6.42 Å². The van der Waals surface area contributed by atoms with E-state index in [0.717, 1.165) is 42.8 Å². The van der Waals surface area contributed by atoms with Crippen molar-refractivity contribution in [2.75, 3.05) is 49.7 Å². The van der Waals surface area contributed by atoms with Crippen LogP contribution in [-0.4, -0.2) is 59.4 Å². The lowest BCUT2D eigenvalue weighted by Gasteiger charge is -2.28. The molecule has 1 aliphatic rings. The van der Waals surface area contributed by atoms with Crippen molar-refractivity contribution in [3.8, 4) is 5.88 Å². The Bertz CT molecular complexity index is 870. The third-order valence-corrected chi connectivity index (χ3v) is 4.29. The Morgan fingerprint density at radius 3 is 2.74 bits per heavy atom. The number of hydrogen-bond donors (Lipinski definition) is 1. The van der Waals surface area contributed by atoms with Gasteiger partial charge in [0.25, 0.3) is 0 Å². The van der Waals surface area contributed by atoms with Gasteiger partial charge in [0.15, 0.2) is 0 Å². The molecule has 27 heavy (non-hydrogen) atoms. The van der Waals surface area contributed by atoms with Gasteiger partial charge in [0, 0.05) is 44.3 Å². The molecule has 8 heteroatoms. The fourth-order valence-corrected chi connectivity index (χ4v) is 2.93. The van der Waals surface area contributed by atoms with Crippen molar-refractivity contribution in [2.24, 2.45) is 0 Å². The third kappa shape index (κ3) is 4.40. The van der Waals surface area contributed by atoms with E-state index in [1.807, 2.05) is 18.2 Å². The molecule has 0 aliphatic carbocycles. The molecule has 1 saturated heterocycles. The van der Waals surface area contributed by atoms with Gasteiger partial charge in [-0.25, -0.2) is 9.97 Å². The number of aromatic nitrogens is 4. The second-order valence-electron chi connectivity index (χ2n) is 6.16. The molecular weight excluding hydrogens is 344 g/mol. The molecule has 8 nitrogen and oxygen atoms in total. The van der Waals surface area contributed by atoms with Crippen molar-refractivity contribution in [2.45, 2.75) is 6.42 Å². The summed E-state index contributed by atoms with van der Waals surface area (Å²) in [7, 11) is 0. The SMILES string of the molecule is c1cnc(NCCCOc2nc(N3CCOCC3)cc3ncccc23)nc1. The monoisotopic (exact) mass is 366 g/mol. The number of pyridine rings is 2. The zero-order chi connectivity index (χ0) is 18.3. The van der Waals surface area contributed by atoms with E-state index in [2.05, 4.69) is 25.2 Å². The van der Waals surface area contributed by atoms with Gasteiger partial charge in [-0.2, -0.15) is 4.98 Å². The van der Waals surface area contributed by atoms with Crippen LogP contribution in [0.5, 0.6) is 5.88 Å². The Morgan fingerprint density at radius 1 is 1.07 bits per heavy atom. The van der Waals surface area contributed by atoms with Crippen molar-refractivity contribution in [1.29, 1.82) is 0 Å². The number of fused-ring (bicyclic) bond motifs is 1. The van der Waals surface area contributed by atoms with Gasteiger partial charge in [0.1, 0.15) is 5.82 Å². The topological polar surface area (TPSA) is 85.3 Å². The molecule has 1 fully saturated rings. The first kappa shape index (κ1) is 17.4. The second kappa shape index (κ2) is 8.59. The standard InChI is InChI=1S/C19H22N6O2/c1-4-15-16(20-5-1)14-17(25-9-12-26-13-10-25)24-18(15)27-11-3-8-23-19-21-6-2-7-22-19/h1-2,4-7,14H,3,8-13H2,(H,21,22,23). The summed E-state index contributed by atoms with van der Waals surface area (Å²) in [5.41, 5.74) is 0.889. The van der Waals surface area contributed by atoms with Crippen molar-refractivity contribution >= 4 is 22.7 Å². The highest BCUT2D eigenvalue weighted by Crippen LogP contribution is 2.27. The minimum Gasteiger partial charge on any atom is -0.477 e. The Morgan fingerprint density at radius 2 is 1.89 bits per heavy atom. The van der Waals surface area contributed by atoms with Crippen LogP contribution in [0.2, 0.25) is 0 Å². The number of anilines is 2. The smallest absolute Gasteiger partial charge is 0.224 e. The number of nitrogens with zero attached hydrogens (tertiary/aromatic N) is 5. The molecule has 0 atom stereocenters. The van der Waals surface area contributed by atoms with E-state index in [-0.39, 0.29) is 0 Å². The normalized spacial score (nSPS) is 14.3. The molecule has 0 aromatic carbocycles. The number of nitrogens with one attached hydrogen (secondary N) is 1. The summed E-state index contributed by atoms with van der Waals surface area (Å²) in [4.78, 5) is 19.7. The van der Waals surface area contributed by atoms with E-state index in [1.165, 1.54) is 0 Å². The van der Waals surface area contributed by atoms with Crippen LogP contribution in [0.3, 0.4) is 0 Å². The lowest BCUT2D eigenvalue weighted by Crippen LogP contribution is -2.36. The maximum Gasteiger partial charge on any atom is 0.224 e. The summed E-state index contributed by atoms with van der Waals surface area (Å²) in [6.45, 7) is 4.35. The summed E-state index contributed by atoms with van der Waals surface area (Å²) in [6, 6.07) is 7.70. The highest BCUT2D eigenvalue weighted by molar-refractivity contribution is 5.85. The summed E-state index contributed by atoms with van der Waals surface area (Å²) >= 11 is 0. The molecule has 4 rings (SSSR count). The lowest BCUT2D eigenvalue weighted by atomic mass is 10.2. The molecule has 0 amide bonds. The Balaban J connectivity index is 1.42. The van der Waals surface area contributed by atoms with Crippen LogP contribution in [-0.2, 0) is 4.74 Å². The zero-order valence-corrected chi connectivity index (χ0v) is 15.0. The molecular formula is C19H22N6O2. The van der Waals surface area contributed by atoms with Crippen LogP contribution in [0, 0.1) is 0 Å². The first-order valence-corrected chi connectivity index (χ1v) is 9.12. The highest BCUT2D eigenvalue weighted by Gasteiger charge is 2.16. The van der Waals surface area contributed by atoms with Crippen LogP contribution < -0.4 is 15.0 Å². The van der Waals surface area contributed by atoms with Gasteiger partial charge < -0.3 is 19.7 Å². The van der Waals surface area contributed by atoms with E-state index < -0.39 is 0 Å². The fraction of sp³-hybridized carbons (Fsp3) is 0.368. The van der Waals surface area contributed by atoms with Crippen LogP contribution in [0.4, 0.5) is 11.8 Å². The van der Waals surface area contributed by atoms with Crippen molar-refractivity contribution < 1.29 is 9.47 Å². The van der Waals surface area contributed by atoms with Crippen LogP contribution >= 0.6 is 0 Å². The van der Waals surface area contributed by atoms with Gasteiger partial charge in [0.05, 0.1) is 30.7 Å². The summed E-state index contributed by atoms with van der Waals surface area (Å²) < 4.78 is 11.4. The minimum atomic E-state index is 0.545. The maximum absolute atomic E-state index is 6.00.